The number of benzene rings is 3. The number of aliphatic hydroxyl groups is 3. The van der Waals surface area contributed by atoms with Crippen LogP contribution in [0.2, 0.25) is 5.02 Å². The van der Waals surface area contributed by atoms with Gasteiger partial charge in [-0.05, 0) is 74.6 Å². The van der Waals surface area contributed by atoms with Gasteiger partial charge in [0.15, 0.2) is 0 Å². The molecule has 39 heavy (non-hydrogen) atoms. The van der Waals surface area contributed by atoms with E-state index in [1.165, 1.54) is 11.1 Å². The van der Waals surface area contributed by atoms with Crippen LogP contribution in [0.15, 0.2) is 78.9 Å². The molecule has 0 spiro atoms. The van der Waals surface area contributed by atoms with Crippen molar-refractivity contribution in [1.29, 1.82) is 0 Å². The van der Waals surface area contributed by atoms with E-state index in [0.29, 0.717) is 24.7 Å². The van der Waals surface area contributed by atoms with Gasteiger partial charge in [0.1, 0.15) is 18.5 Å². The van der Waals surface area contributed by atoms with Crippen molar-refractivity contribution in [1.82, 2.24) is 10.2 Å². The highest BCUT2D eigenvalue weighted by molar-refractivity contribution is 6.30. The van der Waals surface area contributed by atoms with E-state index in [1.54, 1.807) is 19.1 Å². The molecule has 0 amide bonds. The van der Waals surface area contributed by atoms with Gasteiger partial charge in [0, 0.05) is 36.7 Å². The molecule has 4 N–H and O–H groups in total. The lowest BCUT2D eigenvalue weighted by atomic mass is 10.0. The van der Waals surface area contributed by atoms with Crippen LogP contribution in [0.3, 0.4) is 0 Å². The highest BCUT2D eigenvalue weighted by Crippen LogP contribution is 2.18. The average molecular weight is 555 g/mol. The zero-order valence-corrected chi connectivity index (χ0v) is 24.0. The number of ether oxygens (including phenoxy) is 1. The number of nitrogens with zero attached hydrogens (tertiary/aromatic N) is 1. The zero-order chi connectivity index (χ0) is 28.2. The first-order valence-corrected chi connectivity index (χ1v) is 14.1. The number of hydrogen-bond acceptors (Lipinski definition) is 6. The molecule has 6 nitrogen and oxygen atoms in total. The molecule has 5 atom stereocenters. The topological polar surface area (TPSA) is 85.2 Å². The molecule has 7 heteroatoms. The summed E-state index contributed by atoms with van der Waals surface area (Å²) in [7, 11) is 0. The van der Waals surface area contributed by atoms with Gasteiger partial charge in [0.2, 0.25) is 0 Å². The van der Waals surface area contributed by atoms with Crippen LogP contribution in [0.1, 0.15) is 43.6 Å². The summed E-state index contributed by atoms with van der Waals surface area (Å²) in [5.41, 5.74) is 3.23. The van der Waals surface area contributed by atoms with Crippen LogP contribution >= 0.6 is 11.6 Å². The van der Waals surface area contributed by atoms with Gasteiger partial charge in [-0.15, -0.1) is 0 Å². The fourth-order valence-corrected chi connectivity index (χ4v) is 4.86. The molecule has 212 valence electrons. The van der Waals surface area contributed by atoms with Crippen LogP contribution in [-0.4, -0.2) is 70.8 Å². The standard InChI is InChI=1S/C32H43ClN2O4/c1-23(34-19-32(38)28-8-7-9-29(33)18-28)16-26-12-14-27(15-13-26)17-24(2)35(20-25(3)36)21-30(37)22-39-31-10-5-4-6-11-31/h4-15,18,23-25,30,32,34,36-38H,16-17,19-22H2,1-3H3. The minimum atomic E-state index is -0.667. The summed E-state index contributed by atoms with van der Waals surface area (Å²) < 4.78 is 5.71. The highest BCUT2D eigenvalue weighted by atomic mass is 35.5. The fourth-order valence-electron chi connectivity index (χ4n) is 4.66. The van der Waals surface area contributed by atoms with Crippen LogP contribution in [0.25, 0.3) is 0 Å². The monoisotopic (exact) mass is 554 g/mol. The van der Waals surface area contributed by atoms with Gasteiger partial charge < -0.3 is 25.4 Å². The van der Waals surface area contributed by atoms with Crippen LogP contribution in [-0.2, 0) is 12.8 Å². The molecule has 3 aromatic rings. The van der Waals surface area contributed by atoms with Crippen molar-refractivity contribution in [3.8, 4) is 5.75 Å². The second-order valence-electron chi connectivity index (χ2n) is 10.5. The quantitative estimate of drug-likeness (QED) is 0.206. The van der Waals surface area contributed by atoms with Crippen molar-refractivity contribution in [2.75, 3.05) is 26.2 Å². The molecule has 0 aromatic heterocycles. The zero-order valence-electron chi connectivity index (χ0n) is 23.2. The fraction of sp³-hybridized carbons (Fsp3) is 0.438. The van der Waals surface area contributed by atoms with Crippen LogP contribution < -0.4 is 10.1 Å². The van der Waals surface area contributed by atoms with Crippen molar-refractivity contribution in [3.63, 3.8) is 0 Å². The Balaban J connectivity index is 1.47. The maximum Gasteiger partial charge on any atom is 0.119 e. The molecule has 0 aliphatic heterocycles. The molecule has 0 heterocycles. The summed E-state index contributed by atoms with van der Waals surface area (Å²) in [6, 6.07) is 25.7. The molecule has 5 unspecified atom stereocenters. The number of nitrogens with one attached hydrogen (secondary N) is 1. The van der Waals surface area contributed by atoms with Gasteiger partial charge in [-0.2, -0.15) is 0 Å². The second-order valence-corrected chi connectivity index (χ2v) is 11.0. The van der Waals surface area contributed by atoms with Crippen LogP contribution in [0.4, 0.5) is 0 Å². The van der Waals surface area contributed by atoms with E-state index in [1.807, 2.05) is 42.5 Å². The van der Waals surface area contributed by atoms with E-state index in [0.717, 1.165) is 24.2 Å². The second kappa shape index (κ2) is 16.0. The third-order valence-corrected chi connectivity index (χ3v) is 6.98. The molecule has 3 aromatic carbocycles. The van der Waals surface area contributed by atoms with E-state index in [4.69, 9.17) is 16.3 Å². The maximum absolute atomic E-state index is 10.6. The number of halogens is 1. The largest absolute Gasteiger partial charge is 0.491 e. The minimum Gasteiger partial charge on any atom is -0.491 e. The SMILES string of the molecule is CC(O)CN(CC(O)COc1ccccc1)C(C)Cc1ccc(CC(C)NCC(O)c2cccc(Cl)c2)cc1. The van der Waals surface area contributed by atoms with Crippen LogP contribution in [0.5, 0.6) is 5.75 Å². The first-order chi connectivity index (χ1) is 18.7. The summed E-state index contributed by atoms with van der Waals surface area (Å²) in [5, 5.41) is 35.1. The lowest BCUT2D eigenvalue weighted by Gasteiger charge is -2.32. The van der Waals surface area contributed by atoms with Gasteiger partial charge in [-0.3, -0.25) is 4.90 Å². The van der Waals surface area contributed by atoms with E-state index in [2.05, 4.69) is 48.3 Å². The van der Waals surface area contributed by atoms with Crippen molar-refractivity contribution in [2.45, 2.75) is 64.0 Å². The Morgan fingerprint density at radius 2 is 1.49 bits per heavy atom. The third-order valence-electron chi connectivity index (χ3n) is 6.74. The molecule has 0 aliphatic rings. The van der Waals surface area contributed by atoms with E-state index < -0.39 is 18.3 Å². The minimum absolute atomic E-state index is 0.130. The van der Waals surface area contributed by atoms with Crippen molar-refractivity contribution < 1.29 is 20.1 Å². The third kappa shape index (κ3) is 11.3. The maximum atomic E-state index is 10.6. The van der Waals surface area contributed by atoms with Crippen molar-refractivity contribution in [3.05, 3.63) is 101 Å². The highest BCUT2D eigenvalue weighted by Gasteiger charge is 2.20. The van der Waals surface area contributed by atoms with Gasteiger partial charge in [0.05, 0.1) is 12.2 Å². The molecule has 0 bridgehead atoms. The molecule has 3 rings (SSSR count). The van der Waals surface area contributed by atoms with Crippen LogP contribution in [0, 0.1) is 0 Å². The number of hydrogen-bond donors (Lipinski definition) is 4. The summed E-state index contributed by atoms with van der Waals surface area (Å²) in [5.74, 6) is 0.730. The van der Waals surface area contributed by atoms with E-state index in [-0.39, 0.29) is 18.7 Å². The molecule has 0 radical (unpaired) electrons. The van der Waals surface area contributed by atoms with Gasteiger partial charge in [-0.25, -0.2) is 0 Å². The summed E-state index contributed by atoms with van der Waals surface area (Å²) >= 11 is 6.04. The Morgan fingerprint density at radius 1 is 0.821 bits per heavy atom. The first kappa shape index (κ1) is 31.1. The molecule has 0 aliphatic carbocycles. The van der Waals surface area contributed by atoms with Gasteiger partial charge >= 0.3 is 0 Å². The Morgan fingerprint density at radius 3 is 2.13 bits per heavy atom. The number of rotatable bonds is 16. The Kier molecular flexibility index (Phi) is 12.7. The summed E-state index contributed by atoms with van der Waals surface area (Å²) in [6.07, 6.45) is -0.120. The number of aliphatic hydroxyl groups excluding tert-OH is 3. The molecule has 0 fully saturated rings. The molecular weight excluding hydrogens is 512 g/mol. The molecule has 0 saturated carbocycles. The van der Waals surface area contributed by atoms with Gasteiger partial charge in [0.25, 0.3) is 0 Å². The summed E-state index contributed by atoms with van der Waals surface area (Å²) in [6.45, 7) is 7.56. The lowest BCUT2D eigenvalue weighted by molar-refractivity contribution is 0.0334. The predicted molar refractivity (Wildman–Crippen MR) is 158 cm³/mol. The molecule has 0 saturated heterocycles. The van der Waals surface area contributed by atoms with Crippen molar-refractivity contribution in [2.24, 2.45) is 0 Å². The first-order valence-electron chi connectivity index (χ1n) is 13.7. The number of para-hydroxylation sites is 1. The lowest BCUT2D eigenvalue weighted by Crippen LogP contribution is -2.45. The smallest absolute Gasteiger partial charge is 0.119 e. The predicted octanol–water partition coefficient (Wildman–Crippen LogP) is 4.65. The summed E-state index contributed by atoms with van der Waals surface area (Å²) in [4.78, 5) is 2.12. The van der Waals surface area contributed by atoms with E-state index in [9.17, 15) is 15.3 Å². The Labute approximate surface area is 238 Å². The van der Waals surface area contributed by atoms with E-state index >= 15 is 0 Å². The Hall–Kier alpha value is -2.45. The molecular formula is C32H43ClN2O4. The van der Waals surface area contributed by atoms with Crippen molar-refractivity contribution >= 4 is 11.6 Å². The van der Waals surface area contributed by atoms with Gasteiger partial charge in [-0.1, -0.05) is 66.2 Å². The Bertz CT molecular complexity index is 1100. The normalized spacial score (nSPS) is 15.5. The average Bonchev–Trinajstić information content (AvgIpc) is 2.91.